The highest BCUT2D eigenvalue weighted by atomic mass is 28.4. The average molecular weight is 755 g/mol. The van der Waals surface area contributed by atoms with Gasteiger partial charge in [0.05, 0.1) is 49.6 Å². The lowest BCUT2D eigenvalue weighted by Gasteiger charge is -2.31. The van der Waals surface area contributed by atoms with Crippen LogP contribution in [0, 0.1) is 5.92 Å². The van der Waals surface area contributed by atoms with E-state index in [4.69, 9.17) is 14.2 Å². The second-order valence-corrected chi connectivity index (χ2v) is 18.7. The molecule has 5 heterocycles. The number of aromatic nitrogens is 3. The lowest BCUT2D eigenvalue weighted by Crippen LogP contribution is -2.45. The van der Waals surface area contributed by atoms with Crippen LogP contribution in [0.15, 0.2) is 79.0 Å². The van der Waals surface area contributed by atoms with E-state index in [1.54, 1.807) is 39.8 Å². The molecule has 0 aliphatic carbocycles. The third-order valence-corrected chi connectivity index (χ3v) is 13.8. The van der Waals surface area contributed by atoms with E-state index in [1.165, 1.54) is 4.90 Å². The van der Waals surface area contributed by atoms with Crippen molar-refractivity contribution >= 4 is 43.6 Å². The lowest BCUT2D eigenvalue weighted by atomic mass is 9.82. The number of hydrogen-bond donors (Lipinski definition) is 1. The minimum absolute atomic E-state index is 0.134. The zero-order valence-corrected chi connectivity index (χ0v) is 31.4. The molecule has 3 amide bonds. The van der Waals surface area contributed by atoms with Gasteiger partial charge >= 0.3 is 12.2 Å². The van der Waals surface area contributed by atoms with Crippen LogP contribution in [0.3, 0.4) is 0 Å². The first kappa shape index (κ1) is 35.9. The summed E-state index contributed by atoms with van der Waals surface area (Å²) in [6.45, 7) is 7.08. The van der Waals surface area contributed by atoms with Gasteiger partial charge in [0, 0.05) is 41.1 Å². The number of nitrogens with zero attached hydrogens (tertiary/aromatic N) is 6. The Labute approximate surface area is 313 Å². The Hall–Kier alpha value is -5.12. The molecule has 0 radical (unpaired) electrons. The third-order valence-electron chi connectivity index (χ3n) is 11.3. The summed E-state index contributed by atoms with van der Waals surface area (Å²) in [5.74, 6) is -1.18. The maximum absolute atomic E-state index is 16.6. The van der Waals surface area contributed by atoms with Gasteiger partial charge in [0.1, 0.15) is 13.2 Å². The van der Waals surface area contributed by atoms with Crippen LogP contribution in [0.2, 0.25) is 18.6 Å². The highest BCUT2D eigenvalue weighted by molar-refractivity contribution is 6.72. The molecule has 13 nitrogen and oxygen atoms in total. The second kappa shape index (κ2) is 13.9. The molecule has 4 aliphatic heterocycles. The quantitative estimate of drug-likeness (QED) is 0.150. The number of aliphatic hydroxyl groups is 1. The molecule has 1 spiro atoms. The fraction of sp³-hybridized carbons (Fsp3) is 0.410. The molecule has 1 N–H and O–H groups in total. The van der Waals surface area contributed by atoms with Crippen molar-refractivity contribution in [3.05, 3.63) is 101 Å². The summed E-state index contributed by atoms with van der Waals surface area (Å²) in [5.41, 5.74) is 2.81. The minimum atomic E-state index is -3.47. The van der Waals surface area contributed by atoms with Crippen molar-refractivity contribution in [1.82, 2.24) is 15.0 Å². The van der Waals surface area contributed by atoms with Gasteiger partial charge in [0.2, 0.25) is 8.41 Å². The highest BCUT2D eigenvalue weighted by Crippen LogP contribution is 2.61. The van der Waals surface area contributed by atoms with Crippen LogP contribution in [0.4, 0.5) is 30.8 Å². The minimum Gasteiger partial charge on any atom is -0.447 e. The number of carbonyl (C=O) groups excluding carboxylic acids is 3. The predicted molar refractivity (Wildman–Crippen MR) is 200 cm³/mol. The molecular weight excluding hydrogens is 712 g/mol. The highest BCUT2D eigenvalue weighted by Gasteiger charge is 2.66. The van der Waals surface area contributed by atoms with E-state index >= 15 is 8.90 Å². The van der Waals surface area contributed by atoms with Gasteiger partial charge in [0.15, 0.2) is 5.60 Å². The molecule has 0 saturated carbocycles. The van der Waals surface area contributed by atoms with Gasteiger partial charge in [0.25, 0.3) is 5.91 Å². The van der Waals surface area contributed by atoms with Crippen LogP contribution in [0.25, 0.3) is 0 Å². The number of hydrogen-bond acceptors (Lipinski definition) is 9. The maximum Gasteiger partial charge on any atom is 0.414 e. The van der Waals surface area contributed by atoms with Crippen LogP contribution in [0.1, 0.15) is 41.6 Å². The number of rotatable bonds is 11. The fourth-order valence-corrected chi connectivity index (χ4v) is 11.3. The van der Waals surface area contributed by atoms with Crippen molar-refractivity contribution in [2.24, 2.45) is 5.92 Å². The Morgan fingerprint density at radius 3 is 2.24 bits per heavy atom. The second-order valence-electron chi connectivity index (χ2n) is 14.9. The van der Waals surface area contributed by atoms with Crippen molar-refractivity contribution in [3.8, 4) is 0 Å². The monoisotopic (exact) mass is 754 g/mol. The van der Waals surface area contributed by atoms with Crippen LogP contribution in [-0.4, -0.2) is 85.6 Å². The smallest absolute Gasteiger partial charge is 0.414 e. The number of carbonyl (C=O) groups is 3. The van der Waals surface area contributed by atoms with E-state index in [2.05, 4.69) is 10.3 Å². The van der Waals surface area contributed by atoms with E-state index in [0.717, 1.165) is 11.1 Å². The fourth-order valence-electron chi connectivity index (χ4n) is 8.75. The lowest BCUT2D eigenvalue weighted by molar-refractivity contribution is -0.146. The van der Waals surface area contributed by atoms with Gasteiger partial charge in [-0.3, -0.25) is 19.3 Å². The molecule has 3 aromatic carbocycles. The van der Waals surface area contributed by atoms with Crippen molar-refractivity contribution < 1.29 is 37.8 Å². The number of anilines is 3. The topological polar surface area (TPSA) is 140 Å². The van der Waals surface area contributed by atoms with Gasteiger partial charge in [-0.1, -0.05) is 54.6 Å². The number of amides is 3. The first-order valence-electron chi connectivity index (χ1n) is 18.4. The van der Waals surface area contributed by atoms with E-state index in [-0.39, 0.29) is 31.6 Å². The van der Waals surface area contributed by atoms with Gasteiger partial charge in [-0.15, -0.1) is 5.10 Å². The molecule has 54 heavy (non-hydrogen) atoms. The van der Waals surface area contributed by atoms with Crippen molar-refractivity contribution in [1.29, 1.82) is 0 Å². The molecule has 1 unspecified atom stereocenters. The molecule has 15 heteroatoms. The summed E-state index contributed by atoms with van der Waals surface area (Å²) in [6, 6.07) is 22.5. The standard InChI is InChI=1S/C39H43FN6O7Si/c1-25-35(54(2,3)40)34(15-16-43-23-32(41-42-43)30(24-47)27-7-5-4-6-8-27)53-39(25)31-21-29(45-18-20-52-38(45)50)13-14-33(31)46(36(39)48)22-26-9-11-28(12-10-26)44-17-19-51-37(44)49/h4-14,21,23,25,30,34-35,47H,15-20,22,24H2,1-3H3/t25-,30?,34+,35-,39+/m1/s1. The Kier molecular flexibility index (Phi) is 9.26. The Balaban J connectivity index is 1.11. The first-order chi connectivity index (χ1) is 26.0. The summed E-state index contributed by atoms with van der Waals surface area (Å²) in [5, 5.41) is 18.9. The van der Waals surface area contributed by atoms with Gasteiger partial charge in [-0.25, -0.2) is 9.59 Å². The van der Waals surface area contributed by atoms with E-state index < -0.39 is 43.8 Å². The molecule has 5 atom stereocenters. The number of benzene rings is 3. The van der Waals surface area contributed by atoms with Gasteiger partial charge in [-0.2, -0.15) is 0 Å². The summed E-state index contributed by atoms with van der Waals surface area (Å²) >= 11 is 0. The molecule has 8 rings (SSSR count). The summed E-state index contributed by atoms with van der Waals surface area (Å²) in [4.78, 5) is 44.6. The molecule has 4 aliphatic rings. The summed E-state index contributed by atoms with van der Waals surface area (Å²) in [6.07, 6.45) is 0.678. The maximum atomic E-state index is 16.6. The number of fused-ring (bicyclic) bond motifs is 2. The molecule has 3 fully saturated rings. The predicted octanol–water partition coefficient (Wildman–Crippen LogP) is 5.73. The third kappa shape index (κ3) is 6.13. The van der Waals surface area contributed by atoms with E-state index in [0.29, 0.717) is 61.0 Å². The van der Waals surface area contributed by atoms with Crippen LogP contribution in [0.5, 0.6) is 0 Å². The molecule has 3 saturated heterocycles. The molecular formula is C39H43FN6O7Si. The number of halogens is 1. The first-order valence-corrected chi connectivity index (χ1v) is 21.3. The number of ether oxygens (including phenoxy) is 3. The SMILES string of the molecule is C[C@@H]1[C@@H]([Si](C)(C)F)[C@H](CCn2cc(C(CO)c3ccccc3)nn2)O[C@@]12C(=O)N(Cc1ccc(N3CCOC3=O)cc1)c1ccc(N3CCOC3=O)cc12. The van der Waals surface area contributed by atoms with Gasteiger partial charge < -0.3 is 28.3 Å². The van der Waals surface area contributed by atoms with Crippen molar-refractivity contribution in [2.75, 3.05) is 47.6 Å². The normalized spacial score (nSPS) is 24.4. The number of aryl methyl sites for hydroxylation is 1. The largest absolute Gasteiger partial charge is 0.447 e. The average Bonchev–Trinajstić information content (AvgIpc) is 3.99. The zero-order chi connectivity index (χ0) is 37.8. The van der Waals surface area contributed by atoms with Gasteiger partial charge in [-0.05, 0) is 61.0 Å². The molecule has 4 aromatic rings. The zero-order valence-electron chi connectivity index (χ0n) is 30.4. The Morgan fingerprint density at radius 2 is 1.61 bits per heavy atom. The van der Waals surface area contributed by atoms with Crippen LogP contribution in [-0.2, 0) is 37.7 Å². The van der Waals surface area contributed by atoms with Crippen LogP contribution >= 0.6 is 0 Å². The summed E-state index contributed by atoms with van der Waals surface area (Å²) < 4.78 is 35.6. The van der Waals surface area contributed by atoms with Crippen molar-refractivity contribution in [2.45, 2.75) is 62.7 Å². The molecule has 1 aromatic heterocycles. The van der Waals surface area contributed by atoms with Crippen LogP contribution < -0.4 is 14.7 Å². The number of cyclic esters (lactones) is 2. The molecule has 282 valence electrons. The van der Waals surface area contributed by atoms with E-state index in [9.17, 15) is 14.7 Å². The van der Waals surface area contributed by atoms with E-state index in [1.807, 2.05) is 73.7 Å². The number of aliphatic hydroxyl groups excluding tert-OH is 1. The summed E-state index contributed by atoms with van der Waals surface area (Å²) in [7, 11) is -3.47. The molecule has 0 bridgehead atoms. The van der Waals surface area contributed by atoms with Crippen molar-refractivity contribution in [3.63, 3.8) is 0 Å². The Morgan fingerprint density at radius 1 is 0.944 bits per heavy atom. The Bertz CT molecular complexity index is 2060.